The number of anilines is 1. The van der Waals surface area contributed by atoms with Crippen molar-refractivity contribution in [2.75, 3.05) is 5.32 Å². The van der Waals surface area contributed by atoms with Crippen molar-refractivity contribution < 1.29 is 9.18 Å². The monoisotopic (exact) mass is 284 g/mol. The lowest BCUT2D eigenvalue weighted by Gasteiger charge is -2.28. The fraction of sp³-hybridized carbons (Fsp3) is 0.294. The van der Waals surface area contributed by atoms with Crippen molar-refractivity contribution in [3.63, 3.8) is 0 Å². The van der Waals surface area contributed by atoms with Crippen LogP contribution in [-0.2, 0) is 10.2 Å². The highest BCUT2D eigenvalue weighted by Crippen LogP contribution is 2.42. The molecule has 4 heteroatoms. The zero-order valence-electron chi connectivity index (χ0n) is 11.7. The van der Waals surface area contributed by atoms with Crippen LogP contribution in [0.5, 0.6) is 0 Å². The molecule has 1 fully saturated rings. The number of aromatic nitrogens is 1. The molecule has 0 aliphatic heterocycles. The highest BCUT2D eigenvalue weighted by molar-refractivity contribution is 5.98. The number of pyridine rings is 1. The van der Waals surface area contributed by atoms with Gasteiger partial charge in [0.25, 0.3) is 0 Å². The number of carbonyl (C=O) groups is 1. The Morgan fingerprint density at radius 1 is 1.10 bits per heavy atom. The van der Waals surface area contributed by atoms with E-state index >= 15 is 0 Å². The van der Waals surface area contributed by atoms with Crippen LogP contribution in [0.15, 0.2) is 48.7 Å². The summed E-state index contributed by atoms with van der Waals surface area (Å²) in [6.07, 6.45) is 4.84. The molecule has 1 amide bonds. The van der Waals surface area contributed by atoms with Crippen molar-refractivity contribution in [2.24, 2.45) is 0 Å². The number of carbonyl (C=O) groups excluding carboxylic acids is 1. The number of rotatable bonds is 3. The smallest absolute Gasteiger partial charge is 0.236 e. The molecular formula is C17H17FN2O. The lowest BCUT2D eigenvalue weighted by atomic mass is 9.77. The van der Waals surface area contributed by atoms with Crippen LogP contribution in [-0.4, -0.2) is 10.9 Å². The van der Waals surface area contributed by atoms with E-state index in [0.717, 1.165) is 12.8 Å². The molecular weight excluding hydrogens is 267 g/mol. The van der Waals surface area contributed by atoms with Gasteiger partial charge in [0.15, 0.2) is 0 Å². The predicted molar refractivity (Wildman–Crippen MR) is 79.4 cm³/mol. The molecule has 0 unspecified atom stereocenters. The van der Waals surface area contributed by atoms with E-state index in [-0.39, 0.29) is 11.7 Å². The molecule has 1 aliphatic rings. The van der Waals surface area contributed by atoms with Crippen LogP contribution >= 0.6 is 0 Å². The molecule has 3 nitrogen and oxygen atoms in total. The van der Waals surface area contributed by atoms with Crippen LogP contribution in [0, 0.1) is 5.82 Å². The first-order chi connectivity index (χ1) is 10.2. The fourth-order valence-electron chi connectivity index (χ4n) is 3.12. The van der Waals surface area contributed by atoms with E-state index in [4.69, 9.17) is 0 Å². The van der Waals surface area contributed by atoms with E-state index in [1.54, 1.807) is 36.5 Å². The minimum atomic E-state index is -0.775. The molecule has 1 aromatic carbocycles. The summed E-state index contributed by atoms with van der Waals surface area (Å²) in [4.78, 5) is 16.9. The van der Waals surface area contributed by atoms with Crippen molar-refractivity contribution in [1.29, 1.82) is 0 Å². The van der Waals surface area contributed by atoms with E-state index in [1.807, 2.05) is 6.07 Å². The molecule has 21 heavy (non-hydrogen) atoms. The van der Waals surface area contributed by atoms with E-state index in [2.05, 4.69) is 10.3 Å². The highest BCUT2D eigenvalue weighted by Gasteiger charge is 2.44. The summed E-state index contributed by atoms with van der Waals surface area (Å²) in [6, 6.07) is 11.9. The summed E-state index contributed by atoms with van der Waals surface area (Å²) in [6.45, 7) is 0. The van der Waals surface area contributed by atoms with Crippen LogP contribution in [0.2, 0.25) is 0 Å². The summed E-state index contributed by atoms with van der Waals surface area (Å²) < 4.78 is 14.2. The Kier molecular flexibility index (Phi) is 3.69. The normalized spacial score (nSPS) is 16.6. The van der Waals surface area contributed by atoms with Crippen LogP contribution < -0.4 is 5.32 Å². The zero-order chi connectivity index (χ0) is 14.7. The van der Waals surface area contributed by atoms with Crippen molar-refractivity contribution in [3.05, 3.63) is 60.0 Å². The number of amides is 1. The maximum absolute atomic E-state index is 14.2. The molecule has 2 aromatic rings. The fourth-order valence-corrected chi connectivity index (χ4v) is 3.12. The van der Waals surface area contributed by atoms with Gasteiger partial charge in [-0.1, -0.05) is 37.1 Å². The van der Waals surface area contributed by atoms with Gasteiger partial charge in [-0.05, 0) is 31.0 Å². The second kappa shape index (κ2) is 5.64. The van der Waals surface area contributed by atoms with Gasteiger partial charge in [-0.15, -0.1) is 0 Å². The van der Waals surface area contributed by atoms with Crippen LogP contribution in [0.25, 0.3) is 0 Å². The maximum Gasteiger partial charge on any atom is 0.236 e. The summed E-state index contributed by atoms with van der Waals surface area (Å²) in [5.41, 5.74) is -0.279. The Morgan fingerprint density at radius 2 is 1.81 bits per heavy atom. The van der Waals surface area contributed by atoms with Crippen LogP contribution in [0.4, 0.5) is 10.2 Å². The largest absolute Gasteiger partial charge is 0.310 e. The molecule has 0 bridgehead atoms. The number of hydrogen-bond donors (Lipinski definition) is 1. The second-order valence-electron chi connectivity index (χ2n) is 5.44. The Hall–Kier alpha value is -2.23. The Labute approximate surface area is 123 Å². The molecule has 1 aliphatic carbocycles. The molecule has 1 N–H and O–H groups in total. The van der Waals surface area contributed by atoms with Gasteiger partial charge in [0.05, 0.1) is 5.41 Å². The Bertz CT molecular complexity index is 636. The van der Waals surface area contributed by atoms with Crippen molar-refractivity contribution in [3.8, 4) is 0 Å². The molecule has 1 heterocycles. The quantitative estimate of drug-likeness (QED) is 0.934. The first-order valence-corrected chi connectivity index (χ1v) is 7.20. The number of nitrogens with zero attached hydrogens (tertiary/aromatic N) is 1. The van der Waals surface area contributed by atoms with E-state index in [9.17, 15) is 9.18 Å². The SMILES string of the molecule is O=C(Nc1ccccn1)C1(c2ccccc2F)CCCC1. The minimum Gasteiger partial charge on any atom is -0.310 e. The van der Waals surface area contributed by atoms with Crippen molar-refractivity contribution in [2.45, 2.75) is 31.1 Å². The number of nitrogens with one attached hydrogen (secondary N) is 1. The Morgan fingerprint density at radius 3 is 2.48 bits per heavy atom. The lowest BCUT2D eigenvalue weighted by Crippen LogP contribution is -2.38. The van der Waals surface area contributed by atoms with Gasteiger partial charge in [0.2, 0.25) is 5.91 Å². The van der Waals surface area contributed by atoms with E-state index in [0.29, 0.717) is 24.2 Å². The van der Waals surface area contributed by atoms with E-state index < -0.39 is 5.41 Å². The van der Waals surface area contributed by atoms with Gasteiger partial charge >= 0.3 is 0 Å². The summed E-state index contributed by atoms with van der Waals surface area (Å²) in [5.74, 6) is 0.0319. The second-order valence-corrected chi connectivity index (χ2v) is 5.44. The number of hydrogen-bond acceptors (Lipinski definition) is 2. The van der Waals surface area contributed by atoms with Gasteiger partial charge in [-0.2, -0.15) is 0 Å². The van der Waals surface area contributed by atoms with Crippen molar-refractivity contribution in [1.82, 2.24) is 4.98 Å². The zero-order valence-corrected chi connectivity index (χ0v) is 11.7. The summed E-state index contributed by atoms with van der Waals surface area (Å²) in [5, 5.41) is 2.83. The molecule has 0 saturated heterocycles. The van der Waals surface area contributed by atoms with Gasteiger partial charge in [-0.25, -0.2) is 9.37 Å². The van der Waals surface area contributed by atoms with Gasteiger partial charge in [0.1, 0.15) is 11.6 Å². The molecule has 3 rings (SSSR count). The first kappa shape index (κ1) is 13.7. The third-order valence-corrected chi connectivity index (χ3v) is 4.19. The third kappa shape index (κ3) is 2.53. The highest BCUT2D eigenvalue weighted by atomic mass is 19.1. The molecule has 0 radical (unpaired) electrons. The van der Waals surface area contributed by atoms with Gasteiger partial charge in [-0.3, -0.25) is 4.79 Å². The average molecular weight is 284 g/mol. The lowest BCUT2D eigenvalue weighted by molar-refractivity contribution is -0.121. The molecule has 108 valence electrons. The van der Waals surface area contributed by atoms with Gasteiger partial charge < -0.3 is 5.32 Å². The number of halogens is 1. The molecule has 0 spiro atoms. The molecule has 0 atom stereocenters. The standard InChI is InChI=1S/C17H17FN2O/c18-14-8-2-1-7-13(14)17(10-4-5-11-17)16(21)20-15-9-3-6-12-19-15/h1-3,6-9,12H,4-5,10-11H2,(H,19,20,21). The minimum absolute atomic E-state index is 0.163. The summed E-state index contributed by atoms with van der Waals surface area (Å²) in [7, 11) is 0. The number of benzene rings is 1. The van der Waals surface area contributed by atoms with Crippen LogP contribution in [0.1, 0.15) is 31.2 Å². The van der Waals surface area contributed by atoms with Gasteiger partial charge in [0, 0.05) is 11.8 Å². The van der Waals surface area contributed by atoms with Crippen molar-refractivity contribution >= 4 is 11.7 Å². The molecule has 1 aromatic heterocycles. The van der Waals surface area contributed by atoms with E-state index in [1.165, 1.54) is 6.07 Å². The first-order valence-electron chi connectivity index (χ1n) is 7.20. The summed E-state index contributed by atoms with van der Waals surface area (Å²) >= 11 is 0. The topological polar surface area (TPSA) is 42.0 Å². The predicted octanol–water partition coefficient (Wildman–Crippen LogP) is 3.67. The third-order valence-electron chi connectivity index (χ3n) is 4.19. The average Bonchev–Trinajstić information content (AvgIpc) is 2.99. The molecule has 1 saturated carbocycles. The van der Waals surface area contributed by atoms with Crippen LogP contribution in [0.3, 0.4) is 0 Å². The maximum atomic E-state index is 14.2. The Balaban J connectivity index is 1.95.